The summed E-state index contributed by atoms with van der Waals surface area (Å²) in [6.07, 6.45) is 5.63. The average Bonchev–Trinajstić information content (AvgIpc) is 3.63. The maximum Gasteiger partial charge on any atom is 0.324 e. The number of rotatable bonds is 8. The third-order valence-electron chi connectivity index (χ3n) is 10.5. The Labute approximate surface area is 293 Å². The number of hydrogen-bond donors (Lipinski definition) is 2. The maximum absolute atomic E-state index is 13.7. The normalized spacial score (nSPS) is 20.2. The van der Waals surface area contributed by atoms with Gasteiger partial charge < -0.3 is 14.8 Å². The molecule has 0 aliphatic carbocycles. The van der Waals surface area contributed by atoms with Gasteiger partial charge in [-0.1, -0.05) is 36.7 Å². The molecule has 8 rings (SSSR count). The molecule has 2 N–H and O–H groups in total. The number of benzene rings is 2. The lowest BCUT2D eigenvalue weighted by Crippen LogP contribution is -2.54. The monoisotopic (exact) mass is 693 g/mol. The van der Waals surface area contributed by atoms with Crippen LogP contribution in [-0.2, 0) is 16.0 Å². The topological polar surface area (TPSA) is 139 Å². The Balaban J connectivity index is 0.891. The zero-order chi connectivity index (χ0) is 34.7. The first-order chi connectivity index (χ1) is 24.2. The highest BCUT2D eigenvalue weighted by atomic mass is 35.5. The molecule has 256 valence electrons. The van der Waals surface area contributed by atoms with Crippen LogP contribution in [0.15, 0.2) is 54.9 Å². The molecule has 4 aliphatic rings. The van der Waals surface area contributed by atoms with Crippen LogP contribution in [0.25, 0.3) is 22.2 Å². The number of hydrogen-bond acceptors (Lipinski definition) is 7. The second-order valence-electron chi connectivity index (χ2n) is 13.4. The van der Waals surface area contributed by atoms with Crippen LogP contribution in [0.5, 0.6) is 0 Å². The van der Waals surface area contributed by atoms with E-state index in [1.807, 2.05) is 46.3 Å². The van der Waals surface area contributed by atoms with E-state index in [-0.39, 0.29) is 30.4 Å². The summed E-state index contributed by atoms with van der Waals surface area (Å²) in [6, 6.07) is 12.2. The molecule has 6 amide bonds. The standard InChI is InChI=1S/C37H36ClN7O5/c1-2-21-17-39-33-31(21)32(38)28(18-40-33)23-5-3-6-25(15-23)44-12-4-11-43(37(44)50)14-13-42-19-24(20-42)22-7-8-26-27(16-22)36(49)45(35(26)48)29-9-10-30(46)41-34(29)47/h3,5-8,15-18,24,29H,2,4,9-14,19-20H2,1H3,(H,39,40)(H,41,46,47). The van der Waals surface area contributed by atoms with Gasteiger partial charge in [0, 0.05) is 80.6 Å². The summed E-state index contributed by atoms with van der Waals surface area (Å²) in [5.41, 5.74) is 5.98. The van der Waals surface area contributed by atoms with Crippen molar-refractivity contribution in [3.63, 3.8) is 0 Å². The molecule has 6 heterocycles. The molecule has 0 radical (unpaired) electrons. The van der Waals surface area contributed by atoms with E-state index in [4.69, 9.17) is 11.6 Å². The second-order valence-corrected chi connectivity index (χ2v) is 13.8. The number of pyridine rings is 1. The molecule has 4 aliphatic heterocycles. The van der Waals surface area contributed by atoms with Gasteiger partial charge in [-0.05, 0) is 60.2 Å². The van der Waals surface area contributed by atoms with E-state index in [1.165, 1.54) is 0 Å². The van der Waals surface area contributed by atoms with Crippen LogP contribution in [-0.4, -0.2) is 99.6 Å². The molecule has 0 saturated carbocycles. The number of nitrogens with zero attached hydrogens (tertiary/aromatic N) is 5. The lowest BCUT2D eigenvalue weighted by Gasteiger charge is -2.42. The summed E-state index contributed by atoms with van der Waals surface area (Å²) in [7, 11) is 0. The predicted octanol–water partition coefficient (Wildman–Crippen LogP) is 4.58. The van der Waals surface area contributed by atoms with Crippen molar-refractivity contribution in [1.29, 1.82) is 0 Å². The van der Waals surface area contributed by atoms with Gasteiger partial charge in [-0.2, -0.15) is 0 Å². The number of amides is 6. The maximum atomic E-state index is 13.7. The van der Waals surface area contributed by atoms with E-state index in [9.17, 15) is 24.0 Å². The van der Waals surface area contributed by atoms with Crippen LogP contribution in [0, 0.1) is 0 Å². The van der Waals surface area contributed by atoms with Gasteiger partial charge in [-0.15, -0.1) is 0 Å². The molecule has 3 fully saturated rings. The van der Waals surface area contributed by atoms with Crippen molar-refractivity contribution < 1.29 is 24.0 Å². The molecule has 4 aromatic rings. The zero-order valence-electron chi connectivity index (χ0n) is 27.6. The molecule has 12 nitrogen and oxygen atoms in total. The number of imide groups is 2. The number of likely N-dealkylation sites (tertiary alicyclic amines) is 1. The molecule has 0 spiro atoms. The Morgan fingerprint density at radius 1 is 0.940 bits per heavy atom. The van der Waals surface area contributed by atoms with Gasteiger partial charge in [0.15, 0.2) is 0 Å². The minimum absolute atomic E-state index is 0.0218. The van der Waals surface area contributed by atoms with Gasteiger partial charge in [-0.25, -0.2) is 9.78 Å². The van der Waals surface area contributed by atoms with E-state index < -0.39 is 29.7 Å². The fraction of sp³-hybridized carbons (Fsp3) is 0.351. The van der Waals surface area contributed by atoms with E-state index in [2.05, 4.69) is 27.1 Å². The number of fused-ring (bicyclic) bond motifs is 2. The number of anilines is 1. The van der Waals surface area contributed by atoms with Crippen LogP contribution in [0.4, 0.5) is 10.5 Å². The molecule has 50 heavy (non-hydrogen) atoms. The minimum Gasteiger partial charge on any atom is -0.346 e. The number of piperidine rings is 1. The summed E-state index contributed by atoms with van der Waals surface area (Å²) in [6.45, 7) is 6.27. The van der Waals surface area contributed by atoms with Crippen LogP contribution in [0.3, 0.4) is 0 Å². The number of aryl methyl sites for hydroxylation is 1. The predicted molar refractivity (Wildman–Crippen MR) is 187 cm³/mol. The van der Waals surface area contributed by atoms with Crippen LogP contribution < -0.4 is 10.2 Å². The third kappa shape index (κ3) is 5.43. The first kappa shape index (κ1) is 32.2. The Bertz CT molecular complexity index is 2090. The van der Waals surface area contributed by atoms with Crippen molar-refractivity contribution in [2.24, 2.45) is 0 Å². The van der Waals surface area contributed by atoms with Crippen LogP contribution in [0.2, 0.25) is 5.02 Å². The Hall–Kier alpha value is -5.07. The van der Waals surface area contributed by atoms with Crippen molar-refractivity contribution in [3.8, 4) is 11.1 Å². The van der Waals surface area contributed by atoms with Gasteiger partial charge in [-0.3, -0.25) is 34.3 Å². The molecule has 13 heteroatoms. The van der Waals surface area contributed by atoms with Crippen molar-refractivity contribution >= 4 is 58.0 Å². The number of aromatic nitrogens is 2. The number of halogens is 1. The Kier molecular flexibility index (Phi) is 8.15. The highest BCUT2D eigenvalue weighted by Crippen LogP contribution is 2.37. The average molecular weight is 694 g/mol. The first-order valence-electron chi connectivity index (χ1n) is 17.1. The van der Waals surface area contributed by atoms with Gasteiger partial charge >= 0.3 is 6.03 Å². The summed E-state index contributed by atoms with van der Waals surface area (Å²) in [5, 5.41) is 3.81. The molecular formula is C37H36ClN7O5. The van der Waals surface area contributed by atoms with Crippen LogP contribution >= 0.6 is 11.6 Å². The Morgan fingerprint density at radius 2 is 1.76 bits per heavy atom. The third-order valence-corrected chi connectivity index (χ3v) is 10.9. The summed E-state index contributed by atoms with van der Waals surface area (Å²) < 4.78 is 0. The number of nitrogens with one attached hydrogen (secondary N) is 2. The van der Waals surface area contributed by atoms with Crippen molar-refractivity contribution in [1.82, 2.24) is 30.0 Å². The van der Waals surface area contributed by atoms with E-state index in [0.29, 0.717) is 30.2 Å². The van der Waals surface area contributed by atoms with E-state index in [1.54, 1.807) is 18.3 Å². The largest absolute Gasteiger partial charge is 0.346 e. The summed E-state index contributed by atoms with van der Waals surface area (Å²) in [5.74, 6) is -1.83. The molecule has 2 aromatic heterocycles. The van der Waals surface area contributed by atoms with Gasteiger partial charge in [0.1, 0.15) is 11.7 Å². The molecule has 0 bridgehead atoms. The number of H-pyrrole nitrogens is 1. The van der Waals surface area contributed by atoms with Gasteiger partial charge in [0.2, 0.25) is 11.8 Å². The first-order valence-corrected chi connectivity index (χ1v) is 17.5. The minimum atomic E-state index is -0.982. The van der Waals surface area contributed by atoms with Gasteiger partial charge in [0.25, 0.3) is 11.8 Å². The second kappa shape index (κ2) is 12.7. The summed E-state index contributed by atoms with van der Waals surface area (Å²) in [4.78, 5) is 78.8. The fourth-order valence-corrected chi connectivity index (χ4v) is 8.01. The van der Waals surface area contributed by atoms with Crippen LogP contribution in [0.1, 0.15) is 63.9 Å². The highest BCUT2D eigenvalue weighted by molar-refractivity contribution is 6.38. The molecule has 3 saturated heterocycles. The van der Waals surface area contributed by atoms with Crippen molar-refractivity contribution in [3.05, 3.63) is 82.1 Å². The fourth-order valence-electron chi connectivity index (χ4n) is 7.64. The highest BCUT2D eigenvalue weighted by Gasteiger charge is 2.45. The van der Waals surface area contributed by atoms with E-state index in [0.717, 1.165) is 76.4 Å². The number of carbonyl (C=O) groups is 5. The zero-order valence-corrected chi connectivity index (χ0v) is 28.3. The molecule has 1 atom stereocenters. The quantitative estimate of drug-likeness (QED) is 0.258. The lowest BCUT2D eigenvalue weighted by atomic mass is 9.89. The lowest BCUT2D eigenvalue weighted by molar-refractivity contribution is -0.136. The SMILES string of the molecule is CCc1c[nH]c2ncc(-c3cccc(N4CCCN(CCN5CC(c6ccc7c(c6)C(=O)N(C6CCC(=O)NC6=O)C7=O)C5)C4=O)c3)c(Cl)c12. The molecule has 1 unspecified atom stereocenters. The van der Waals surface area contributed by atoms with Crippen molar-refractivity contribution in [2.75, 3.05) is 44.2 Å². The Morgan fingerprint density at radius 3 is 2.56 bits per heavy atom. The number of urea groups is 1. The number of carbonyl (C=O) groups excluding carboxylic acids is 5. The number of aromatic amines is 1. The van der Waals surface area contributed by atoms with Crippen molar-refractivity contribution in [2.45, 2.75) is 44.6 Å². The smallest absolute Gasteiger partial charge is 0.324 e. The van der Waals surface area contributed by atoms with E-state index >= 15 is 0 Å². The summed E-state index contributed by atoms with van der Waals surface area (Å²) >= 11 is 6.91. The van der Waals surface area contributed by atoms with Gasteiger partial charge in [0.05, 0.1) is 16.1 Å². The molecular weight excluding hydrogens is 658 g/mol. The molecule has 2 aromatic carbocycles.